The Kier molecular flexibility index (Phi) is 6.90. The second-order valence-electron chi connectivity index (χ2n) is 3.10. The first-order valence-corrected chi connectivity index (χ1v) is 5.92. The van der Waals surface area contributed by atoms with Gasteiger partial charge in [-0.2, -0.15) is 0 Å². The molecule has 2 atom stereocenters. The minimum Gasteiger partial charge on any atom is -0.382 e. The Balaban J connectivity index is 3.84. The highest BCUT2D eigenvalue weighted by atomic mass is 127. The third-order valence-electron chi connectivity index (χ3n) is 1.45. The molecule has 0 radical (unpaired) electrons. The predicted octanol–water partition coefficient (Wildman–Crippen LogP) is 2.47. The van der Waals surface area contributed by atoms with E-state index in [0.29, 0.717) is 12.5 Å². The van der Waals surface area contributed by atoms with Crippen LogP contribution in [-0.4, -0.2) is 35.7 Å². The average molecular weight is 307 g/mol. The molecule has 0 aromatic carbocycles. The van der Waals surface area contributed by atoms with Crippen molar-refractivity contribution < 1.29 is 9.47 Å². The number of hydrogen-bond donors (Lipinski definition) is 0. The second kappa shape index (κ2) is 6.40. The van der Waals surface area contributed by atoms with Gasteiger partial charge in [0.15, 0.2) is 0 Å². The molecule has 0 aromatic heterocycles. The van der Waals surface area contributed by atoms with E-state index in [2.05, 4.69) is 22.6 Å². The SMILES string of the molecule is COCC(C)OC(C)(CCl)CI. The molecule has 0 N–H and O–H groups in total. The van der Waals surface area contributed by atoms with Gasteiger partial charge in [-0.25, -0.2) is 0 Å². The highest BCUT2D eigenvalue weighted by Gasteiger charge is 2.24. The first-order chi connectivity index (χ1) is 5.58. The number of rotatable bonds is 6. The van der Waals surface area contributed by atoms with Gasteiger partial charge in [0.05, 0.1) is 24.2 Å². The molecule has 0 bridgehead atoms. The zero-order valence-electron chi connectivity index (χ0n) is 7.77. The summed E-state index contributed by atoms with van der Waals surface area (Å²) in [5, 5.41) is 0. The van der Waals surface area contributed by atoms with Crippen molar-refractivity contribution in [2.24, 2.45) is 0 Å². The summed E-state index contributed by atoms with van der Waals surface area (Å²) in [5.74, 6) is 0.518. The summed E-state index contributed by atoms with van der Waals surface area (Å²) in [6.45, 7) is 4.61. The molecule has 0 aliphatic heterocycles. The maximum Gasteiger partial charge on any atom is 0.0882 e. The lowest BCUT2D eigenvalue weighted by atomic mass is 10.2. The third kappa shape index (κ3) is 4.84. The van der Waals surface area contributed by atoms with Crippen LogP contribution in [0.25, 0.3) is 0 Å². The van der Waals surface area contributed by atoms with Crippen molar-refractivity contribution in [1.82, 2.24) is 0 Å². The Hall–Kier alpha value is 0.940. The quantitative estimate of drug-likeness (QED) is 0.554. The number of methoxy groups -OCH3 is 1. The van der Waals surface area contributed by atoms with Gasteiger partial charge < -0.3 is 9.47 Å². The van der Waals surface area contributed by atoms with Crippen molar-refractivity contribution in [2.75, 3.05) is 24.0 Å². The van der Waals surface area contributed by atoms with Crippen LogP contribution < -0.4 is 0 Å². The van der Waals surface area contributed by atoms with Gasteiger partial charge in [0, 0.05) is 11.5 Å². The normalized spacial score (nSPS) is 18.8. The van der Waals surface area contributed by atoms with E-state index >= 15 is 0 Å². The Labute approximate surface area is 93.1 Å². The molecule has 0 spiro atoms. The summed E-state index contributed by atoms with van der Waals surface area (Å²) < 4.78 is 11.6. The molecule has 0 aromatic rings. The molecule has 0 saturated heterocycles. The van der Waals surface area contributed by atoms with Crippen LogP contribution in [0.4, 0.5) is 0 Å². The Bertz CT molecular complexity index is 118. The van der Waals surface area contributed by atoms with Crippen molar-refractivity contribution in [2.45, 2.75) is 25.6 Å². The average Bonchev–Trinajstić information content (AvgIpc) is 2.05. The lowest BCUT2D eigenvalue weighted by Gasteiger charge is -2.28. The molecular formula is C8H16ClIO2. The maximum atomic E-state index is 5.78. The van der Waals surface area contributed by atoms with Gasteiger partial charge in [-0.3, -0.25) is 0 Å². The van der Waals surface area contributed by atoms with Crippen LogP contribution in [0.15, 0.2) is 0 Å². The van der Waals surface area contributed by atoms with E-state index in [1.807, 2.05) is 13.8 Å². The molecule has 2 nitrogen and oxygen atoms in total. The van der Waals surface area contributed by atoms with Crippen LogP contribution in [0.3, 0.4) is 0 Å². The molecule has 0 heterocycles. The lowest BCUT2D eigenvalue weighted by Crippen LogP contribution is -2.37. The van der Waals surface area contributed by atoms with Crippen LogP contribution in [0.1, 0.15) is 13.8 Å². The monoisotopic (exact) mass is 306 g/mol. The van der Waals surface area contributed by atoms with Crippen molar-refractivity contribution >= 4 is 34.2 Å². The predicted molar refractivity (Wildman–Crippen MR) is 60.4 cm³/mol. The first-order valence-electron chi connectivity index (χ1n) is 3.86. The van der Waals surface area contributed by atoms with Crippen LogP contribution in [0.2, 0.25) is 0 Å². The molecule has 0 aliphatic carbocycles. The largest absolute Gasteiger partial charge is 0.382 e. The third-order valence-corrected chi connectivity index (χ3v) is 3.63. The summed E-state index contributed by atoms with van der Waals surface area (Å²) in [6, 6.07) is 0. The van der Waals surface area contributed by atoms with Gasteiger partial charge >= 0.3 is 0 Å². The summed E-state index contributed by atoms with van der Waals surface area (Å²) in [6.07, 6.45) is 0.105. The van der Waals surface area contributed by atoms with E-state index in [4.69, 9.17) is 21.1 Å². The lowest BCUT2D eigenvalue weighted by molar-refractivity contribution is -0.0714. The van der Waals surface area contributed by atoms with Gasteiger partial charge in [-0.05, 0) is 13.8 Å². The van der Waals surface area contributed by atoms with Gasteiger partial charge in [-0.1, -0.05) is 22.6 Å². The van der Waals surface area contributed by atoms with E-state index in [1.165, 1.54) is 0 Å². The van der Waals surface area contributed by atoms with E-state index in [0.717, 1.165) is 4.43 Å². The minimum absolute atomic E-state index is 0.105. The van der Waals surface area contributed by atoms with E-state index < -0.39 is 0 Å². The van der Waals surface area contributed by atoms with E-state index in [1.54, 1.807) is 7.11 Å². The molecule has 0 saturated carbocycles. The fourth-order valence-corrected chi connectivity index (χ4v) is 1.78. The summed E-state index contributed by atoms with van der Waals surface area (Å²) in [7, 11) is 1.67. The molecule has 0 rings (SSSR count). The standard InChI is InChI=1S/C8H16ClIO2/c1-7(4-11-3)12-8(2,5-9)6-10/h7H,4-6H2,1-3H3. The number of ether oxygens (including phenoxy) is 2. The highest BCUT2D eigenvalue weighted by Crippen LogP contribution is 2.18. The summed E-state index contributed by atoms with van der Waals surface area (Å²) in [4.78, 5) is 0. The fourth-order valence-electron chi connectivity index (χ4n) is 0.853. The van der Waals surface area contributed by atoms with Gasteiger partial charge in [0.25, 0.3) is 0 Å². The van der Waals surface area contributed by atoms with Crippen molar-refractivity contribution in [3.05, 3.63) is 0 Å². The van der Waals surface area contributed by atoms with Crippen molar-refractivity contribution in [3.8, 4) is 0 Å². The fraction of sp³-hybridized carbons (Fsp3) is 1.00. The minimum atomic E-state index is -0.222. The van der Waals surface area contributed by atoms with Gasteiger partial charge in [-0.15, -0.1) is 11.6 Å². The Morgan fingerprint density at radius 1 is 1.58 bits per heavy atom. The Morgan fingerprint density at radius 2 is 2.17 bits per heavy atom. The summed E-state index contributed by atoms with van der Waals surface area (Å²) >= 11 is 8.06. The first kappa shape index (κ1) is 12.9. The number of hydrogen-bond acceptors (Lipinski definition) is 2. The molecule has 2 unspecified atom stereocenters. The molecule has 12 heavy (non-hydrogen) atoms. The van der Waals surface area contributed by atoms with Crippen LogP contribution in [0, 0.1) is 0 Å². The van der Waals surface area contributed by atoms with Crippen molar-refractivity contribution in [1.29, 1.82) is 0 Å². The topological polar surface area (TPSA) is 18.5 Å². The summed E-state index contributed by atoms with van der Waals surface area (Å²) in [5.41, 5.74) is -0.222. The van der Waals surface area contributed by atoms with E-state index in [-0.39, 0.29) is 11.7 Å². The zero-order chi connectivity index (χ0) is 9.61. The van der Waals surface area contributed by atoms with E-state index in [9.17, 15) is 0 Å². The molecule has 0 fully saturated rings. The maximum absolute atomic E-state index is 5.78. The Morgan fingerprint density at radius 3 is 2.50 bits per heavy atom. The van der Waals surface area contributed by atoms with Gasteiger partial charge in [0.2, 0.25) is 0 Å². The van der Waals surface area contributed by atoms with Crippen molar-refractivity contribution in [3.63, 3.8) is 0 Å². The molecule has 4 heteroatoms. The molecule has 74 valence electrons. The smallest absolute Gasteiger partial charge is 0.0882 e. The zero-order valence-corrected chi connectivity index (χ0v) is 10.7. The van der Waals surface area contributed by atoms with Crippen LogP contribution in [-0.2, 0) is 9.47 Å². The molecule has 0 amide bonds. The number of alkyl halides is 2. The van der Waals surface area contributed by atoms with Gasteiger partial charge in [0.1, 0.15) is 0 Å². The second-order valence-corrected chi connectivity index (χ2v) is 4.13. The highest BCUT2D eigenvalue weighted by molar-refractivity contribution is 14.1. The molecular weight excluding hydrogens is 290 g/mol. The van der Waals surface area contributed by atoms with Crippen LogP contribution in [0.5, 0.6) is 0 Å². The number of halogens is 2. The van der Waals surface area contributed by atoms with Crippen LogP contribution >= 0.6 is 34.2 Å². The molecule has 0 aliphatic rings.